The predicted octanol–water partition coefficient (Wildman–Crippen LogP) is 7.49. The molecule has 7 nitrogen and oxygen atoms in total. The monoisotopic (exact) mass is 662 g/mol. The molecule has 0 radical (unpaired) electrons. The van der Waals surface area contributed by atoms with Crippen LogP contribution in [0.25, 0.3) is 5.57 Å². The summed E-state index contributed by atoms with van der Waals surface area (Å²) < 4.78 is 6.24. The third kappa shape index (κ3) is 9.33. The SMILES string of the molecule is CC(C)(C)CC(C)(C)NC(=O)N(CC1C=CC(Cl)=CC1)[C@H]1CCN(CC/C=C2\C3=C(COc4ccc(C(C)(C)O)cc42)NCC=C3)C1. The number of nitrogens with one attached hydrogen (secondary N) is 2. The van der Waals surface area contributed by atoms with E-state index in [2.05, 4.69) is 91.5 Å². The zero-order chi connectivity index (χ0) is 34.0. The lowest BCUT2D eigenvalue weighted by Crippen LogP contribution is -2.55. The first-order valence-corrected chi connectivity index (χ1v) is 17.6. The molecule has 47 heavy (non-hydrogen) atoms. The van der Waals surface area contributed by atoms with Crippen molar-refractivity contribution in [3.8, 4) is 5.75 Å². The number of carbonyl (C=O) groups excluding carboxylic acids is 1. The maximum absolute atomic E-state index is 14.0. The molecule has 8 heteroatoms. The molecule has 256 valence electrons. The average molecular weight is 663 g/mol. The number of likely N-dealkylation sites (tertiary alicyclic amines) is 1. The molecule has 3 N–H and O–H groups in total. The Morgan fingerprint density at radius 3 is 2.68 bits per heavy atom. The summed E-state index contributed by atoms with van der Waals surface area (Å²) >= 11 is 6.22. The number of dihydropyridines is 1. The van der Waals surface area contributed by atoms with E-state index in [0.29, 0.717) is 13.2 Å². The number of fused-ring (bicyclic) bond motifs is 1. The van der Waals surface area contributed by atoms with Crippen LogP contribution in [0.4, 0.5) is 4.79 Å². The molecule has 2 amide bonds. The van der Waals surface area contributed by atoms with Gasteiger partial charge in [0.1, 0.15) is 12.4 Å². The number of nitrogens with zero attached hydrogens (tertiary/aromatic N) is 2. The first-order valence-electron chi connectivity index (χ1n) is 17.3. The van der Waals surface area contributed by atoms with Gasteiger partial charge in [0.05, 0.1) is 11.3 Å². The summed E-state index contributed by atoms with van der Waals surface area (Å²) in [7, 11) is 0. The Morgan fingerprint density at radius 2 is 1.98 bits per heavy atom. The lowest BCUT2D eigenvalue weighted by Gasteiger charge is -2.38. The minimum Gasteiger partial charge on any atom is -0.487 e. The van der Waals surface area contributed by atoms with Crippen LogP contribution in [0.3, 0.4) is 0 Å². The lowest BCUT2D eigenvalue weighted by molar-refractivity contribution is 0.0785. The molecule has 3 heterocycles. The number of rotatable bonds is 9. The van der Waals surface area contributed by atoms with Crippen molar-refractivity contribution >= 4 is 23.2 Å². The minimum absolute atomic E-state index is 0.0241. The van der Waals surface area contributed by atoms with Crippen LogP contribution in [-0.4, -0.2) is 71.8 Å². The predicted molar refractivity (Wildman–Crippen MR) is 193 cm³/mol. The number of urea groups is 1. The van der Waals surface area contributed by atoms with Gasteiger partial charge in [-0.2, -0.15) is 0 Å². The summed E-state index contributed by atoms with van der Waals surface area (Å²) in [6.45, 7) is 19.2. The first kappa shape index (κ1) is 35.3. The highest BCUT2D eigenvalue weighted by molar-refractivity contribution is 6.31. The second kappa shape index (κ2) is 14.2. The van der Waals surface area contributed by atoms with Gasteiger partial charge in [-0.1, -0.05) is 68.8 Å². The number of halogens is 1. The van der Waals surface area contributed by atoms with Crippen molar-refractivity contribution in [1.29, 1.82) is 0 Å². The van der Waals surface area contributed by atoms with Crippen LogP contribution in [-0.2, 0) is 5.60 Å². The second-order valence-corrected chi connectivity index (χ2v) is 16.5. The van der Waals surface area contributed by atoms with Gasteiger partial charge in [-0.15, -0.1) is 0 Å². The van der Waals surface area contributed by atoms with Crippen molar-refractivity contribution in [2.24, 2.45) is 11.3 Å². The summed E-state index contributed by atoms with van der Waals surface area (Å²) in [6.07, 6.45) is 16.4. The molecule has 1 aromatic carbocycles. The molecule has 1 fully saturated rings. The van der Waals surface area contributed by atoms with E-state index in [1.54, 1.807) is 0 Å². The maximum Gasteiger partial charge on any atom is 0.318 e. The summed E-state index contributed by atoms with van der Waals surface area (Å²) in [5, 5.41) is 18.5. The van der Waals surface area contributed by atoms with Gasteiger partial charge in [-0.25, -0.2) is 4.79 Å². The van der Waals surface area contributed by atoms with Crippen molar-refractivity contribution in [1.82, 2.24) is 20.4 Å². The average Bonchev–Trinajstić information content (AvgIpc) is 3.38. The van der Waals surface area contributed by atoms with Gasteiger partial charge in [-0.3, -0.25) is 0 Å². The topological polar surface area (TPSA) is 77.1 Å². The molecule has 0 bridgehead atoms. The Hall–Kier alpha value is -3.00. The fraction of sp³-hybridized carbons (Fsp3) is 0.564. The Morgan fingerprint density at radius 1 is 1.19 bits per heavy atom. The quantitative estimate of drug-likeness (QED) is 0.255. The van der Waals surface area contributed by atoms with Crippen LogP contribution in [0.15, 0.2) is 71.0 Å². The smallest absolute Gasteiger partial charge is 0.318 e. The van der Waals surface area contributed by atoms with Gasteiger partial charge < -0.3 is 30.3 Å². The largest absolute Gasteiger partial charge is 0.487 e. The van der Waals surface area contributed by atoms with Gasteiger partial charge in [0, 0.05) is 60.5 Å². The van der Waals surface area contributed by atoms with Crippen LogP contribution in [0.1, 0.15) is 85.3 Å². The number of hydrogen-bond acceptors (Lipinski definition) is 5. The minimum atomic E-state index is -0.953. The summed E-state index contributed by atoms with van der Waals surface area (Å²) in [6, 6.07) is 6.18. The highest BCUT2D eigenvalue weighted by Crippen LogP contribution is 2.39. The van der Waals surface area contributed by atoms with Crippen LogP contribution < -0.4 is 15.4 Å². The first-order chi connectivity index (χ1) is 22.1. The van der Waals surface area contributed by atoms with Crippen molar-refractivity contribution in [2.45, 2.75) is 91.3 Å². The lowest BCUT2D eigenvalue weighted by atomic mass is 9.82. The molecule has 1 aliphatic carbocycles. The summed E-state index contributed by atoms with van der Waals surface area (Å²) in [5.74, 6) is 1.08. The number of carbonyl (C=O) groups is 1. The number of ether oxygens (including phenoxy) is 1. The Bertz CT molecular complexity index is 1470. The number of allylic oxidation sites excluding steroid dienone is 6. The zero-order valence-electron chi connectivity index (χ0n) is 29.5. The van der Waals surface area contributed by atoms with Crippen LogP contribution >= 0.6 is 11.6 Å². The van der Waals surface area contributed by atoms with Crippen molar-refractivity contribution in [3.63, 3.8) is 0 Å². The van der Waals surface area contributed by atoms with Crippen molar-refractivity contribution in [2.75, 3.05) is 39.3 Å². The zero-order valence-corrected chi connectivity index (χ0v) is 30.2. The molecule has 1 unspecified atom stereocenters. The third-order valence-corrected chi connectivity index (χ3v) is 9.70. The molecule has 2 atom stereocenters. The fourth-order valence-corrected chi connectivity index (χ4v) is 7.68. The van der Waals surface area contributed by atoms with Gasteiger partial charge in [0.2, 0.25) is 0 Å². The van der Waals surface area contributed by atoms with E-state index in [4.69, 9.17) is 16.3 Å². The summed E-state index contributed by atoms with van der Waals surface area (Å²) in [4.78, 5) is 18.5. The molecule has 0 aromatic heterocycles. The molecule has 4 aliphatic rings. The Labute approximate surface area is 287 Å². The second-order valence-electron chi connectivity index (χ2n) is 16.0. The van der Waals surface area contributed by atoms with E-state index in [1.165, 1.54) is 0 Å². The summed E-state index contributed by atoms with van der Waals surface area (Å²) in [5.41, 5.74) is 4.08. The molecular weight excluding hydrogens is 608 g/mol. The number of benzene rings is 1. The number of aliphatic hydroxyl groups is 1. The highest BCUT2D eigenvalue weighted by Gasteiger charge is 2.35. The molecule has 5 rings (SSSR count). The normalized spacial score (nSPS) is 22.7. The molecular formula is C39H55ClN4O3. The maximum atomic E-state index is 14.0. The fourth-order valence-electron chi connectivity index (χ4n) is 7.51. The highest BCUT2D eigenvalue weighted by atomic mass is 35.5. The van der Waals surface area contributed by atoms with Gasteiger partial charge in [0.15, 0.2) is 0 Å². The Kier molecular flexibility index (Phi) is 10.7. The molecule has 1 aromatic rings. The van der Waals surface area contributed by atoms with Gasteiger partial charge >= 0.3 is 6.03 Å². The Balaban J connectivity index is 1.31. The van der Waals surface area contributed by atoms with Gasteiger partial charge in [-0.05, 0) is 94.1 Å². The van der Waals surface area contributed by atoms with Crippen LogP contribution in [0, 0.1) is 11.3 Å². The number of hydrogen-bond donors (Lipinski definition) is 3. The van der Waals surface area contributed by atoms with E-state index in [0.717, 1.165) is 90.6 Å². The van der Waals surface area contributed by atoms with E-state index >= 15 is 0 Å². The van der Waals surface area contributed by atoms with E-state index in [1.807, 2.05) is 32.1 Å². The standard InChI is InChI=1S/C39H55ClN4O3/c1-37(2,3)26-38(4,5)42-36(45)44(23-27-12-15-29(40)16-13-27)30-18-21-43(24-30)20-9-11-31-32-10-8-19-41-34(32)25-47-35-17-14-28(22-33(31)35)39(6,7)46/h8,10-12,14-17,22,27,30,41,46H,9,13,18-21,23-26H2,1-7H3,(H,42,45)/b31-11+/t27?,30-/m0/s1. The van der Waals surface area contributed by atoms with Crippen molar-refractivity contribution < 1.29 is 14.6 Å². The molecule has 0 saturated carbocycles. The van der Waals surface area contributed by atoms with Crippen LogP contribution in [0.5, 0.6) is 5.75 Å². The van der Waals surface area contributed by atoms with E-state index < -0.39 is 5.60 Å². The molecule has 0 spiro atoms. The van der Waals surface area contributed by atoms with Crippen LogP contribution in [0.2, 0.25) is 0 Å². The van der Waals surface area contributed by atoms with Gasteiger partial charge in [0.25, 0.3) is 0 Å². The molecule has 1 saturated heterocycles. The number of amides is 2. The van der Waals surface area contributed by atoms with Crippen molar-refractivity contribution in [3.05, 3.63) is 82.1 Å². The molecule has 3 aliphatic heterocycles. The van der Waals surface area contributed by atoms with E-state index in [-0.39, 0.29) is 28.9 Å². The third-order valence-electron chi connectivity index (χ3n) is 9.42. The van der Waals surface area contributed by atoms with E-state index in [9.17, 15) is 9.90 Å².